The van der Waals surface area contributed by atoms with Crippen molar-refractivity contribution in [3.05, 3.63) is 176 Å². The Bertz CT molecular complexity index is 2080. The van der Waals surface area contributed by atoms with E-state index in [9.17, 15) is 0 Å². The van der Waals surface area contributed by atoms with Crippen molar-refractivity contribution in [2.45, 2.75) is 0 Å². The molecule has 7 aromatic carbocycles. The van der Waals surface area contributed by atoms with E-state index in [1.807, 2.05) is 12.2 Å². The quantitative estimate of drug-likeness (QED) is 0.147. The molecule has 0 heteroatoms. The van der Waals surface area contributed by atoms with Gasteiger partial charge in [-0.15, -0.1) is 0 Å². The van der Waals surface area contributed by atoms with Crippen molar-refractivity contribution in [1.29, 1.82) is 0 Å². The van der Waals surface area contributed by atoms with E-state index >= 15 is 0 Å². The Morgan fingerprint density at radius 3 is 1.62 bits per heavy atom. The number of hydrogen-bond donors (Lipinski definition) is 0. The Labute approximate surface area is 247 Å². The molecule has 0 fully saturated rings. The van der Waals surface area contributed by atoms with Gasteiger partial charge < -0.3 is 0 Å². The molecule has 0 saturated heterocycles. The lowest BCUT2D eigenvalue weighted by Gasteiger charge is -2.19. The summed E-state index contributed by atoms with van der Waals surface area (Å²) in [4.78, 5) is 0. The highest BCUT2D eigenvalue weighted by molar-refractivity contribution is 6.21. The first-order valence-corrected chi connectivity index (χ1v) is 14.4. The van der Waals surface area contributed by atoms with Crippen molar-refractivity contribution >= 4 is 38.4 Å². The Balaban J connectivity index is 1.54. The standard InChI is InChI=1S/C42H30/c1-2-3-4-6-15-30-26-35(31-16-7-5-8-17-31)29-36(27-30)42-39-22-13-11-20-37(39)41(38-21-12-14-23-40(38)42)34-25-24-32-18-9-10-19-33(32)28-34/h2-29H,1H2/b4-3-,15-6+. The average molecular weight is 535 g/mol. The van der Waals surface area contributed by atoms with Crippen molar-refractivity contribution in [2.75, 3.05) is 0 Å². The summed E-state index contributed by atoms with van der Waals surface area (Å²) in [5, 5.41) is 7.55. The first kappa shape index (κ1) is 25.5. The Hall–Kier alpha value is -5.46. The molecule has 7 rings (SSSR count). The average Bonchev–Trinajstić information content (AvgIpc) is 3.05. The molecule has 0 aliphatic rings. The smallest absolute Gasteiger partial charge is 0.00259 e. The van der Waals surface area contributed by atoms with Crippen LogP contribution in [0.1, 0.15) is 5.56 Å². The van der Waals surface area contributed by atoms with Crippen LogP contribution in [0.3, 0.4) is 0 Å². The van der Waals surface area contributed by atoms with Gasteiger partial charge in [-0.3, -0.25) is 0 Å². The van der Waals surface area contributed by atoms with Gasteiger partial charge in [0.15, 0.2) is 0 Å². The lowest BCUT2D eigenvalue weighted by molar-refractivity contribution is 1.59. The fourth-order valence-corrected chi connectivity index (χ4v) is 6.09. The predicted octanol–water partition coefficient (Wildman–Crippen LogP) is 11.9. The summed E-state index contributed by atoms with van der Waals surface area (Å²) in [6.45, 7) is 3.79. The van der Waals surface area contributed by atoms with Gasteiger partial charge in [-0.25, -0.2) is 0 Å². The first-order valence-electron chi connectivity index (χ1n) is 14.4. The van der Waals surface area contributed by atoms with Gasteiger partial charge in [-0.05, 0) is 95.5 Å². The topological polar surface area (TPSA) is 0 Å². The van der Waals surface area contributed by atoms with E-state index in [4.69, 9.17) is 0 Å². The molecule has 0 aromatic heterocycles. The molecule has 0 spiro atoms. The molecule has 0 N–H and O–H groups in total. The van der Waals surface area contributed by atoms with Crippen LogP contribution in [0.4, 0.5) is 0 Å². The van der Waals surface area contributed by atoms with Crippen LogP contribution >= 0.6 is 0 Å². The molecule has 0 unspecified atom stereocenters. The van der Waals surface area contributed by atoms with Crippen LogP contribution < -0.4 is 0 Å². The van der Waals surface area contributed by atoms with E-state index in [0.717, 1.165) is 5.56 Å². The van der Waals surface area contributed by atoms with Gasteiger partial charge in [0.1, 0.15) is 0 Å². The lowest BCUT2D eigenvalue weighted by atomic mass is 9.84. The maximum Gasteiger partial charge on any atom is -0.00259 e. The maximum atomic E-state index is 3.79. The molecule has 0 aliphatic carbocycles. The highest BCUT2D eigenvalue weighted by atomic mass is 14.2. The number of fused-ring (bicyclic) bond motifs is 3. The van der Waals surface area contributed by atoms with Gasteiger partial charge in [0.2, 0.25) is 0 Å². The van der Waals surface area contributed by atoms with Crippen LogP contribution in [0.5, 0.6) is 0 Å². The molecular weight excluding hydrogens is 504 g/mol. The Morgan fingerprint density at radius 2 is 0.952 bits per heavy atom. The van der Waals surface area contributed by atoms with E-state index in [1.54, 1.807) is 6.08 Å². The minimum atomic E-state index is 1.16. The molecule has 0 bridgehead atoms. The monoisotopic (exact) mass is 534 g/mol. The Kier molecular flexibility index (Phi) is 6.80. The van der Waals surface area contributed by atoms with Gasteiger partial charge >= 0.3 is 0 Å². The molecule has 0 aliphatic heterocycles. The largest absolute Gasteiger partial charge is 0.0991 e. The molecule has 198 valence electrons. The van der Waals surface area contributed by atoms with Crippen LogP contribution in [0.15, 0.2) is 170 Å². The van der Waals surface area contributed by atoms with Crippen LogP contribution in [0, 0.1) is 0 Å². The van der Waals surface area contributed by atoms with Crippen molar-refractivity contribution in [2.24, 2.45) is 0 Å². The van der Waals surface area contributed by atoms with Crippen LogP contribution in [-0.4, -0.2) is 0 Å². The predicted molar refractivity (Wildman–Crippen MR) is 184 cm³/mol. The van der Waals surface area contributed by atoms with Crippen molar-refractivity contribution in [1.82, 2.24) is 0 Å². The van der Waals surface area contributed by atoms with Gasteiger partial charge in [0.25, 0.3) is 0 Å². The highest BCUT2D eigenvalue weighted by Crippen LogP contribution is 2.45. The fraction of sp³-hybridized carbons (Fsp3) is 0. The summed E-state index contributed by atoms with van der Waals surface area (Å²) in [7, 11) is 0. The number of rotatable bonds is 6. The zero-order chi connectivity index (χ0) is 28.3. The summed E-state index contributed by atoms with van der Waals surface area (Å²) in [6, 6.07) is 50.8. The third-order valence-electron chi connectivity index (χ3n) is 7.97. The maximum absolute atomic E-state index is 3.79. The second-order valence-corrected chi connectivity index (χ2v) is 10.6. The Morgan fingerprint density at radius 1 is 0.381 bits per heavy atom. The molecular formula is C42H30. The summed E-state index contributed by atoms with van der Waals surface area (Å²) in [5.74, 6) is 0. The van der Waals surface area contributed by atoms with Crippen molar-refractivity contribution in [3.63, 3.8) is 0 Å². The molecule has 0 saturated carbocycles. The van der Waals surface area contributed by atoms with Crippen molar-refractivity contribution < 1.29 is 0 Å². The normalized spacial score (nSPS) is 11.7. The molecule has 0 radical (unpaired) electrons. The second-order valence-electron chi connectivity index (χ2n) is 10.6. The van der Waals surface area contributed by atoms with Crippen LogP contribution in [-0.2, 0) is 0 Å². The fourth-order valence-electron chi connectivity index (χ4n) is 6.09. The summed E-state index contributed by atoms with van der Waals surface area (Å²) in [5.41, 5.74) is 8.56. The van der Waals surface area contributed by atoms with E-state index in [1.165, 1.54) is 65.7 Å². The summed E-state index contributed by atoms with van der Waals surface area (Å²) < 4.78 is 0. The van der Waals surface area contributed by atoms with Gasteiger partial charge in [-0.1, -0.05) is 152 Å². The van der Waals surface area contributed by atoms with Crippen molar-refractivity contribution in [3.8, 4) is 33.4 Å². The second kappa shape index (κ2) is 11.2. The third-order valence-corrected chi connectivity index (χ3v) is 7.97. The van der Waals surface area contributed by atoms with Gasteiger partial charge in [-0.2, -0.15) is 0 Å². The van der Waals surface area contributed by atoms with Gasteiger partial charge in [0.05, 0.1) is 0 Å². The molecule has 0 heterocycles. The van der Waals surface area contributed by atoms with Crippen LogP contribution in [0.2, 0.25) is 0 Å². The molecule has 7 aromatic rings. The number of allylic oxidation sites excluding steroid dienone is 4. The summed E-state index contributed by atoms with van der Waals surface area (Å²) in [6.07, 6.45) is 10.0. The van der Waals surface area contributed by atoms with E-state index in [0.29, 0.717) is 0 Å². The molecule has 0 nitrogen and oxygen atoms in total. The van der Waals surface area contributed by atoms with E-state index in [2.05, 4.69) is 158 Å². The molecule has 0 atom stereocenters. The van der Waals surface area contributed by atoms with Crippen LogP contribution in [0.25, 0.3) is 71.8 Å². The molecule has 0 amide bonds. The SMILES string of the molecule is C=C/C=C\C=C\c1cc(-c2ccccc2)cc(-c2c3ccccc3c(-c3ccc4ccccc4c3)c3ccccc23)c1. The minimum absolute atomic E-state index is 1.16. The third kappa shape index (κ3) is 4.74. The van der Waals surface area contributed by atoms with E-state index < -0.39 is 0 Å². The van der Waals surface area contributed by atoms with Gasteiger partial charge in [0, 0.05) is 0 Å². The first-order chi connectivity index (χ1) is 20.8. The zero-order valence-electron chi connectivity index (χ0n) is 23.4. The zero-order valence-corrected chi connectivity index (χ0v) is 23.4. The summed E-state index contributed by atoms with van der Waals surface area (Å²) >= 11 is 0. The number of hydrogen-bond acceptors (Lipinski definition) is 0. The number of benzene rings is 7. The minimum Gasteiger partial charge on any atom is -0.0991 e. The molecule has 42 heavy (non-hydrogen) atoms. The van der Waals surface area contributed by atoms with E-state index in [-0.39, 0.29) is 0 Å². The highest BCUT2D eigenvalue weighted by Gasteiger charge is 2.17. The lowest BCUT2D eigenvalue weighted by Crippen LogP contribution is -1.92.